The van der Waals surface area contributed by atoms with Crippen molar-refractivity contribution in [1.82, 2.24) is 4.90 Å². The predicted molar refractivity (Wildman–Crippen MR) is 82.3 cm³/mol. The van der Waals surface area contributed by atoms with Gasteiger partial charge in [0.25, 0.3) is 5.91 Å². The van der Waals surface area contributed by atoms with E-state index in [-0.39, 0.29) is 11.8 Å². The zero-order valence-corrected chi connectivity index (χ0v) is 12.7. The Labute approximate surface area is 125 Å². The van der Waals surface area contributed by atoms with Gasteiger partial charge in [0, 0.05) is 38.3 Å². The van der Waals surface area contributed by atoms with E-state index in [2.05, 4.69) is 0 Å². The van der Waals surface area contributed by atoms with Crippen molar-refractivity contribution in [3.05, 3.63) is 29.8 Å². The molecule has 2 aliphatic rings. The molecule has 1 heterocycles. The lowest BCUT2D eigenvalue weighted by Gasteiger charge is -2.18. The van der Waals surface area contributed by atoms with Crippen molar-refractivity contribution in [2.75, 3.05) is 25.0 Å². The molecule has 1 unspecified atom stereocenters. The fraction of sp³-hybridized carbons (Fsp3) is 0.529. The van der Waals surface area contributed by atoms with Crippen LogP contribution in [0.3, 0.4) is 0 Å². The maximum absolute atomic E-state index is 12.5. The first-order valence-corrected chi connectivity index (χ1v) is 7.70. The average Bonchev–Trinajstić information content (AvgIpc) is 3.23. The first kappa shape index (κ1) is 14.1. The highest BCUT2D eigenvalue weighted by atomic mass is 16.2. The van der Waals surface area contributed by atoms with Gasteiger partial charge < -0.3 is 9.80 Å². The van der Waals surface area contributed by atoms with E-state index >= 15 is 0 Å². The van der Waals surface area contributed by atoms with E-state index in [4.69, 9.17) is 0 Å². The first-order chi connectivity index (χ1) is 10.1. The normalized spacial score (nSPS) is 21.4. The van der Waals surface area contributed by atoms with Crippen molar-refractivity contribution in [3.63, 3.8) is 0 Å². The molecule has 112 valence electrons. The van der Waals surface area contributed by atoms with Crippen LogP contribution < -0.4 is 4.90 Å². The molecule has 1 aliphatic heterocycles. The molecule has 0 aromatic heterocycles. The minimum atomic E-state index is -0.0131. The summed E-state index contributed by atoms with van der Waals surface area (Å²) in [5.41, 5.74) is 1.53. The van der Waals surface area contributed by atoms with E-state index in [1.807, 2.05) is 29.2 Å². The van der Waals surface area contributed by atoms with Crippen LogP contribution in [-0.2, 0) is 4.79 Å². The molecular weight excluding hydrogens is 264 g/mol. The molecule has 0 N–H and O–H groups in total. The number of carbonyl (C=O) groups is 2. The van der Waals surface area contributed by atoms with E-state index in [0.29, 0.717) is 5.56 Å². The van der Waals surface area contributed by atoms with Crippen LogP contribution in [0.4, 0.5) is 5.69 Å². The number of anilines is 1. The molecule has 1 aliphatic carbocycles. The SMILES string of the molecule is CC(=O)N(C)c1ccc(C(=O)N2CCC(C3CC3)C2)cc1. The molecule has 1 saturated heterocycles. The number of rotatable bonds is 3. The second kappa shape index (κ2) is 5.51. The monoisotopic (exact) mass is 286 g/mol. The number of hydrogen-bond donors (Lipinski definition) is 0. The number of nitrogens with zero attached hydrogens (tertiary/aromatic N) is 2. The Bertz CT molecular complexity index is 548. The second-order valence-corrected chi connectivity index (χ2v) is 6.26. The molecule has 3 rings (SSSR count). The topological polar surface area (TPSA) is 40.6 Å². The summed E-state index contributed by atoms with van der Waals surface area (Å²) in [6.07, 6.45) is 3.85. The fourth-order valence-electron chi connectivity index (χ4n) is 3.12. The molecule has 1 atom stereocenters. The molecule has 1 aromatic carbocycles. The Morgan fingerprint density at radius 3 is 2.33 bits per heavy atom. The lowest BCUT2D eigenvalue weighted by Crippen LogP contribution is -2.29. The lowest BCUT2D eigenvalue weighted by molar-refractivity contribution is -0.116. The predicted octanol–water partition coefficient (Wildman–Crippen LogP) is 2.54. The minimum absolute atomic E-state index is 0.0131. The molecule has 1 aromatic rings. The van der Waals surface area contributed by atoms with Gasteiger partial charge in [-0.1, -0.05) is 0 Å². The van der Waals surface area contributed by atoms with E-state index in [1.165, 1.54) is 19.8 Å². The Morgan fingerprint density at radius 2 is 1.76 bits per heavy atom. The summed E-state index contributed by atoms with van der Waals surface area (Å²) in [7, 11) is 1.74. The van der Waals surface area contributed by atoms with E-state index < -0.39 is 0 Å². The summed E-state index contributed by atoms with van der Waals surface area (Å²) in [6.45, 7) is 3.33. The van der Waals surface area contributed by atoms with Gasteiger partial charge in [0.05, 0.1) is 0 Å². The third-order valence-corrected chi connectivity index (χ3v) is 4.77. The molecule has 0 bridgehead atoms. The quantitative estimate of drug-likeness (QED) is 0.856. The van der Waals surface area contributed by atoms with Crippen LogP contribution >= 0.6 is 0 Å². The molecule has 0 radical (unpaired) electrons. The molecule has 4 heteroatoms. The van der Waals surface area contributed by atoms with E-state index in [9.17, 15) is 9.59 Å². The number of hydrogen-bond acceptors (Lipinski definition) is 2. The van der Waals surface area contributed by atoms with E-state index in [1.54, 1.807) is 11.9 Å². The van der Waals surface area contributed by atoms with Crippen LogP contribution in [0, 0.1) is 11.8 Å². The van der Waals surface area contributed by atoms with Crippen molar-refractivity contribution in [2.24, 2.45) is 11.8 Å². The van der Waals surface area contributed by atoms with Crippen molar-refractivity contribution in [3.8, 4) is 0 Å². The Hall–Kier alpha value is -1.84. The molecule has 2 fully saturated rings. The highest BCUT2D eigenvalue weighted by molar-refractivity contribution is 5.96. The fourth-order valence-corrected chi connectivity index (χ4v) is 3.12. The average molecular weight is 286 g/mol. The van der Waals surface area contributed by atoms with Crippen molar-refractivity contribution < 1.29 is 9.59 Å². The highest BCUT2D eigenvalue weighted by Crippen LogP contribution is 2.41. The zero-order chi connectivity index (χ0) is 15.0. The first-order valence-electron chi connectivity index (χ1n) is 7.70. The standard InChI is InChI=1S/C17H22N2O2/c1-12(20)18(2)16-7-5-14(6-8-16)17(21)19-10-9-15(11-19)13-3-4-13/h5-8,13,15H,3-4,9-11H2,1-2H3. The maximum atomic E-state index is 12.5. The lowest BCUT2D eigenvalue weighted by atomic mass is 10.0. The molecule has 4 nitrogen and oxygen atoms in total. The molecule has 1 saturated carbocycles. The third kappa shape index (κ3) is 2.94. The van der Waals surface area contributed by atoms with Gasteiger partial charge in [-0.25, -0.2) is 0 Å². The van der Waals surface area contributed by atoms with Crippen LogP contribution in [0.25, 0.3) is 0 Å². The van der Waals surface area contributed by atoms with Gasteiger partial charge in [0.2, 0.25) is 5.91 Å². The molecule has 0 spiro atoms. The van der Waals surface area contributed by atoms with E-state index in [0.717, 1.165) is 37.0 Å². The van der Waals surface area contributed by atoms with Gasteiger partial charge in [-0.2, -0.15) is 0 Å². The Morgan fingerprint density at radius 1 is 1.10 bits per heavy atom. The summed E-state index contributed by atoms with van der Waals surface area (Å²) < 4.78 is 0. The van der Waals surface area contributed by atoms with Gasteiger partial charge in [-0.05, 0) is 55.4 Å². The zero-order valence-electron chi connectivity index (χ0n) is 12.7. The minimum Gasteiger partial charge on any atom is -0.338 e. The number of benzene rings is 1. The van der Waals surface area contributed by atoms with Crippen LogP contribution in [0.15, 0.2) is 24.3 Å². The largest absolute Gasteiger partial charge is 0.338 e. The maximum Gasteiger partial charge on any atom is 0.253 e. The highest BCUT2D eigenvalue weighted by Gasteiger charge is 2.37. The molecular formula is C17H22N2O2. The van der Waals surface area contributed by atoms with Crippen molar-refractivity contribution >= 4 is 17.5 Å². The summed E-state index contributed by atoms with van der Waals surface area (Å²) in [5.74, 6) is 1.70. The van der Waals surface area contributed by atoms with Gasteiger partial charge in [-0.3, -0.25) is 9.59 Å². The summed E-state index contributed by atoms with van der Waals surface area (Å²) >= 11 is 0. The van der Waals surface area contributed by atoms with Gasteiger partial charge in [-0.15, -0.1) is 0 Å². The van der Waals surface area contributed by atoms with Crippen LogP contribution in [-0.4, -0.2) is 36.9 Å². The number of likely N-dealkylation sites (tertiary alicyclic amines) is 1. The Balaban J connectivity index is 1.66. The smallest absolute Gasteiger partial charge is 0.253 e. The van der Waals surface area contributed by atoms with Gasteiger partial charge >= 0.3 is 0 Å². The van der Waals surface area contributed by atoms with Crippen LogP contribution in [0.2, 0.25) is 0 Å². The van der Waals surface area contributed by atoms with Crippen molar-refractivity contribution in [1.29, 1.82) is 0 Å². The summed E-state index contributed by atoms with van der Waals surface area (Å²) in [6, 6.07) is 7.31. The van der Waals surface area contributed by atoms with Crippen molar-refractivity contribution in [2.45, 2.75) is 26.2 Å². The van der Waals surface area contributed by atoms with Crippen LogP contribution in [0.5, 0.6) is 0 Å². The number of amides is 2. The molecule has 2 amide bonds. The summed E-state index contributed by atoms with van der Waals surface area (Å²) in [4.78, 5) is 27.4. The molecule has 21 heavy (non-hydrogen) atoms. The van der Waals surface area contributed by atoms with Gasteiger partial charge in [0.1, 0.15) is 0 Å². The second-order valence-electron chi connectivity index (χ2n) is 6.26. The third-order valence-electron chi connectivity index (χ3n) is 4.77. The number of carbonyl (C=O) groups excluding carboxylic acids is 2. The Kier molecular flexibility index (Phi) is 3.70. The van der Waals surface area contributed by atoms with Crippen LogP contribution in [0.1, 0.15) is 36.5 Å². The summed E-state index contributed by atoms with van der Waals surface area (Å²) in [5, 5.41) is 0. The van der Waals surface area contributed by atoms with Gasteiger partial charge in [0.15, 0.2) is 0 Å².